The Bertz CT molecular complexity index is 433. The van der Waals surface area contributed by atoms with Crippen molar-refractivity contribution in [1.29, 1.82) is 0 Å². The molecule has 1 fully saturated rings. The summed E-state index contributed by atoms with van der Waals surface area (Å²) in [4.78, 5) is 13.3. The molecule has 1 atom stereocenters. The fraction of sp³-hybridized carbons (Fsp3) is 0.533. The van der Waals surface area contributed by atoms with Crippen LogP contribution >= 0.6 is 0 Å². The summed E-state index contributed by atoms with van der Waals surface area (Å²) in [5, 5.41) is 0. The van der Waals surface area contributed by atoms with E-state index in [2.05, 4.69) is 4.90 Å². The van der Waals surface area contributed by atoms with E-state index in [9.17, 15) is 4.79 Å². The van der Waals surface area contributed by atoms with Gasteiger partial charge in [0.25, 0.3) is 0 Å². The van der Waals surface area contributed by atoms with Crippen LogP contribution in [0.1, 0.15) is 19.3 Å². The van der Waals surface area contributed by atoms with Gasteiger partial charge in [-0.05, 0) is 43.7 Å². The van der Waals surface area contributed by atoms with Crippen LogP contribution in [0.3, 0.4) is 0 Å². The zero-order chi connectivity index (χ0) is 14.4. The molecule has 0 aromatic heterocycles. The van der Waals surface area contributed by atoms with Crippen molar-refractivity contribution < 1.29 is 14.3 Å². The third-order valence-corrected chi connectivity index (χ3v) is 3.64. The highest BCUT2D eigenvalue weighted by Gasteiger charge is 2.25. The molecule has 0 aliphatic carbocycles. The first-order valence-corrected chi connectivity index (χ1v) is 6.98. The minimum atomic E-state index is -0.224. The van der Waals surface area contributed by atoms with Gasteiger partial charge in [0.1, 0.15) is 18.1 Å². The molecule has 0 unspecified atom stereocenters. The summed E-state index contributed by atoms with van der Waals surface area (Å²) < 4.78 is 10.8. The van der Waals surface area contributed by atoms with E-state index in [0.717, 1.165) is 37.4 Å². The Morgan fingerprint density at radius 1 is 1.35 bits per heavy atom. The number of ether oxygens (including phenoxy) is 2. The van der Waals surface area contributed by atoms with Crippen LogP contribution in [0.5, 0.6) is 11.5 Å². The van der Waals surface area contributed by atoms with E-state index in [1.807, 2.05) is 24.3 Å². The number of rotatable bonds is 7. The van der Waals surface area contributed by atoms with E-state index in [1.165, 1.54) is 0 Å². The van der Waals surface area contributed by atoms with Gasteiger partial charge >= 0.3 is 0 Å². The van der Waals surface area contributed by atoms with Crippen LogP contribution in [0, 0.1) is 0 Å². The second-order valence-electron chi connectivity index (χ2n) is 5.03. The van der Waals surface area contributed by atoms with Gasteiger partial charge in [0.05, 0.1) is 7.11 Å². The molecule has 1 aromatic carbocycles. The molecule has 1 saturated heterocycles. The van der Waals surface area contributed by atoms with Crippen molar-refractivity contribution in [3.8, 4) is 11.5 Å². The summed E-state index contributed by atoms with van der Waals surface area (Å²) in [6.45, 7) is 2.45. The Kier molecular flexibility index (Phi) is 5.24. The Labute approximate surface area is 119 Å². The van der Waals surface area contributed by atoms with Gasteiger partial charge < -0.3 is 15.2 Å². The van der Waals surface area contributed by atoms with Crippen LogP contribution in [0.4, 0.5) is 0 Å². The SMILES string of the molecule is COc1ccc(OCCN2CCC[C@H]2CC(N)=O)cc1. The normalized spacial score (nSPS) is 18.9. The molecule has 0 bridgehead atoms. The number of methoxy groups -OCH3 is 1. The molecule has 0 spiro atoms. The van der Waals surface area contributed by atoms with E-state index in [-0.39, 0.29) is 11.9 Å². The Hall–Kier alpha value is -1.75. The van der Waals surface area contributed by atoms with Crippen molar-refractivity contribution in [3.63, 3.8) is 0 Å². The van der Waals surface area contributed by atoms with Crippen LogP contribution in [-0.2, 0) is 4.79 Å². The maximum Gasteiger partial charge on any atom is 0.218 e. The lowest BCUT2D eigenvalue weighted by molar-refractivity contribution is -0.119. The summed E-state index contributed by atoms with van der Waals surface area (Å²) in [7, 11) is 1.64. The number of hydrogen-bond donors (Lipinski definition) is 1. The summed E-state index contributed by atoms with van der Waals surface area (Å²) >= 11 is 0. The summed E-state index contributed by atoms with van der Waals surface area (Å²) in [5.41, 5.74) is 5.27. The van der Waals surface area contributed by atoms with E-state index in [1.54, 1.807) is 7.11 Å². The van der Waals surface area contributed by atoms with Crippen LogP contribution in [-0.4, -0.2) is 43.7 Å². The lowest BCUT2D eigenvalue weighted by atomic mass is 10.1. The van der Waals surface area contributed by atoms with Crippen molar-refractivity contribution >= 4 is 5.91 Å². The molecule has 2 N–H and O–H groups in total. The summed E-state index contributed by atoms with van der Waals surface area (Å²) in [5.74, 6) is 1.42. The highest BCUT2D eigenvalue weighted by molar-refractivity contribution is 5.74. The van der Waals surface area contributed by atoms with Gasteiger partial charge in [0.15, 0.2) is 0 Å². The molecule has 1 heterocycles. The highest BCUT2D eigenvalue weighted by Crippen LogP contribution is 2.20. The minimum absolute atomic E-state index is 0.224. The lowest BCUT2D eigenvalue weighted by Crippen LogP contribution is -2.36. The van der Waals surface area contributed by atoms with Crippen molar-refractivity contribution in [2.45, 2.75) is 25.3 Å². The van der Waals surface area contributed by atoms with Gasteiger partial charge in [0, 0.05) is 19.0 Å². The quantitative estimate of drug-likeness (QED) is 0.819. The Morgan fingerprint density at radius 3 is 2.70 bits per heavy atom. The molecule has 5 heteroatoms. The van der Waals surface area contributed by atoms with Crippen molar-refractivity contribution in [2.24, 2.45) is 5.73 Å². The van der Waals surface area contributed by atoms with Crippen molar-refractivity contribution in [2.75, 3.05) is 26.8 Å². The van der Waals surface area contributed by atoms with Crippen molar-refractivity contribution in [1.82, 2.24) is 4.90 Å². The Morgan fingerprint density at radius 2 is 2.05 bits per heavy atom. The third-order valence-electron chi connectivity index (χ3n) is 3.64. The Balaban J connectivity index is 1.75. The first-order chi connectivity index (χ1) is 9.69. The summed E-state index contributed by atoms with van der Waals surface area (Å²) in [6.07, 6.45) is 2.62. The van der Waals surface area contributed by atoms with E-state index in [4.69, 9.17) is 15.2 Å². The van der Waals surface area contributed by atoms with Crippen LogP contribution in [0.15, 0.2) is 24.3 Å². The predicted octanol–water partition coefficient (Wildman–Crippen LogP) is 1.41. The van der Waals surface area contributed by atoms with E-state index in [0.29, 0.717) is 13.0 Å². The number of amides is 1. The molecule has 110 valence electrons. The van der Waals surface area contributed by atoms with Gasteiger partial charge in [-0.3, -0.25) is 9.69 Å². The summed E-state index contributed by atoms with van der Waals surface area (Å²) in [6, 6.07) is 7.82. The molecule has 2 rings (SSSR count). The van der Waals surface area contributed by atoms with Gasteiger partial charge in [-0.25, -0.2) is 0 Å². The number of carbonyl (C=O) groups is 1. The minimum Gasteiger partial charge on any atom is -0.497 e. The van der Waals surface area contributed by atoms with Gasteiger partial charge in [-0.2, -0.15) is 0 Å². The van der Waals surface area contributed by atoms with Crippen LogP contribution in [0.25, 0.3) is 0 Å². The second kappa shape index (κ2) is 7.14. The van der Waals surface area contributed by atoms with E-state index >= 15 is 0 Å². The number of primary amides is 1. The number of carbonyl (C=O) groups excluding carboxylic acids is 1. The fourth-order valence-electron chi connectivity index (χ4n) is 2.61. The molecule has 0 saturated carbocycles. The fourth-order valence-corrected chi connectivity index (χ4v) is 2.61. The third kappa shape index (κ3) is 4.13. The molecule has 20 heavy (non-hydrogen) atoms. The van der Waals surface area contributed by atoms with Gasteiger partial charge in [-0.15, -0.1) is 0 Å². The first kappa shape index (κ1) is 14.7. The largest absolute Gasteiger partial charge is 0.497 e. The first-order valence-electron chi connectivity index (χ1n) is 6.98. The second-order valence-corrected chi connectivity index (χ2v) is 5.03. The number of hydrogen-bond acceptors (Lipinski definition) is 4. The monoisotopic (exact) mass is 278 g/mol. The molecule has 1 amide bonds. The molecule has 1 aliphatic heterocycles. The van der Waals surface area contributed by atoms with Gasteiger partial charge in [-0.1, -0.05) is 0 Å². The zero-order valence-electron chi connectivity index (χ0n) is 11.9. The number of nitrogens with zero attached hydrogens (tertiary/aromatic N) is 1. The molecular formula is C15H22N2O3. The average molecular weight is 278 g/mol. The number of likely N-dealkylation sites (tertiary alicyclic amines) is 1. The lowest BCUT2D eigenvalue weighted by Gasteiger charge is -2.23. The molecule has 1 aromatic rings. The van der Waals surface area contributed by atoms with Crippen LogP contribution < -0.4 is 15.2 Å². The van der Waals surface area contributed by atoms with Crippen molar-refractivity contribution in [3.05, 3.63) is 24.3 Å². The number of nitrogens with two attached hydrogens (primary N) is 1. The van der Waals surface area contributed by atoms with E-state index < -0.39 is 0 Å². The smallest absolute Gasteiger partial charge is 0.218 e. The topological polar surface area (TPSA) is 64.8 Å². The molecule has 5 nitrogen and oxygen atoms in total. The average Bonchev–Trinajstić information content (AvgIpc) is 2.86. The van der Waals surface area contributed by atoms with Gasteiger partial charge in [0.2, 0.25) is 5.91 Å². The highest BCUT2D eigenvalue weighted by atomic mass is 16.5. The molecule has 0 radical (unpaired) electrons. The maximum absolute atomic E-state index is 11.0. The number of benzene rings is 1. The molecule has 1 aliphatic rings. The zero-order valence-corrected chi connectivity index (χ0v) is 11.9. The predicted molar refractivity (Wildman–Crippen MR) is 76.9 cm³/mol. The molecular weight excluding hydrogens is 256 g/mol. The maximum atomic E-state index is 11.0. The standard InChI is InChI=1S/C15H22N2O3/c1-19-13-4-6-14(7-5-13)20-10-9-17-8-2-3-12(17)11-15(16)18/h4-7,12H,2-3,8-11H2,1H3,(H2,16,18)/t12-/m0/s1. The van der Waals surface area contributed by atoms with Crippen LogP contribution in [0.2, 0.25) is 0 Å².